The van der Waals surface area contributed by atoms with E-state index in [2.05, 4.69) is 33.9 Å². The van der Waals surface area contributed by atoms with Gasteiger partial charge >= 0.3 is 0 Å². The molecule has 0 saturated carbocycles. The number of hydrogen-bond donors (Lipinski definition) is 0. The van der Waals surface area contributed by atoms with Crippen LogP contribution in [0.4, 0.5) is 0 Å². The molecule has 22 heavy (non-hydrogen) atoms. The summed E-state index contributed by atoms with van der Waals surface area (Å²) >= 11 is 0. The van der Waals surface area contributed by atoms with E-state index in [9.17, 15) is 0 Å². The van der Waals surface area contributed by atoms with Crippen LogP contribution in [-0.2, 0) is 25.8 Å². The smallest absolute Gasteiger partial charge is 0.115 e. The summed E-state index contributed by atoms with van der Waals surface area (Å²) in [6.07, 6.45) is 4.65. The Morgan fingerprint density at radius 3 is 2.91 bits per heavy atom. The molecule has 4 heteroatoms. The van der Waals surface area contributed by atoms with Crippen LogP contribution in [0.15, 0.2) is 30.6 Å². The lowest BCUT2D eigenvalue weighted by atomic mass is 10.1. The molecule has 0 aliphatic carbocycles. The Morgan fingerprint density at radius 2 is 2.09 bits per heavy atom. The molecule has 1 aliphatic rings. The van der Waals surface area contributed by atoms with Gasteiger partial charge in [-0.1, -0.05) is 19.1 Å². The number of rotatable bonds is 3. The average molecular weight is 292 g/mol. The van der Waals surface area contributed by atoms with Crippen molar-refractivity contribution in [2.75, 3.05) is 13.1 Å². The Bertz CT molecular complexity index is 702. The van der Waals surface area contributed by atoms with Crippen LogP contribution in [0.3, 0.4) is 0 Å². The van der Waals surface area contributed by atoms with Crippen LogP contribution in [0.5, 0.6) is 0 Å². The third-order valence-corrected chi connectivity index (χ3v) is 4.26. The maximum absolute atomic E-state index is 9.01. The van der Waals surface area contributed by atoms with Crippen molar-refractivity contribution >= 4 is 0 Å². The molecule has 0 unspecified atom stereocenters. The quantitative estimate of drug-likeness (QED) is 0.872. The zero-order chi connectivity index (χ0) is 15.4. The van der Waals surface area contributed by atoms with Crippen molar-refractivity contribution in [2.24, 2.45) is 0 Å². The molecule has 112 valence electrons. The summed E-state index contributed by atoms with van der Waals surface area (Å²) in [5, 5.41) is 9.01. The van der Waals surface area contributed by atoms with Gasteiger partial charge < -0.3 is 0 Å². The van der Waals surface area contributed by atoms with Gasteiger partial charge in [0.15, 0.2) is 0 Å². The maximum atomic E-state index is 9.01. The first kappa shape index (κ1) is 14.7. The van der Waals surface area contributed by atoms with Crippen LogP contribution in [0.1, 0.15) is 35.0 Å². The van der Waals surface area contributed by atoms with Crippen molar-refractivity contribution < 1.29 is 0 Å². The summed E-state index contributed by atoms with van der Waals surface area (Å²) in [5.41, 5.74) is 5.68. The van der Waals surface area contributed by atoms with Crippen molar-refractivity contribution in [3.8, 4) is 6.07 Å². The Morgan fingerprint density at radius 1 is 1.23 bits per heavy atom. The summed E-state index contributed by atoms with van der Waals surface area (Å²) in [4.78, 5) is 11.3. The zero-order valence-corrected chi connectivity index (χ0v) is 12.9. The average Bonchev–Trinajstić information content (AvgIpc) is 2.77. The van der Waals surface area contributed by atoms with Crippen molar-refractivity contribution in [2.45, 2.75) is 32.7 Å². The zero-order valence-electron chi connectivity index (χ0n) is 12.9. The lowest BCUT2D eigenvalue weighted by Crippen LogP contribution is -2.26. The summed E-state index contributed by atoms with van der Waals surface area (Å²) in [5.74, 6) is 0. The van der Waals surface area contributed by atoms with E-state index in [-0.39, 0.29) is 0 Å². The molecular weight excluding hydrogens is 272 g/mol. The van der Waals surface area contributed by atoms with Crippen LogP contribution in [0.2, 0.25) is 0 Å². The topological polar surface area (TPSA) is 52.8 Å². The number of hydrogen-bond acceptors (Lipinski definition) is 4. The van der Waals surface area contributed by atoms with Crippen molar-refractivity contribution in [1.82, 2.24) is 14.9 Å². The van der Waals surface area contributed by atoms with Crippen LogP contribution >= 0.6 is 0 Å². The second-order valence-corrected chi connectivity index (χ2v) is 5.69. The molecule has 0 bridgehead atoms. The van der Waals surface area contributed by atoms with Crippen LogP contribution < -0.4 is 0 Å². The lowest BCUT2D eigenvalue weighted by molar-refractivity contribution is 0.279. The molecule has 2 heterocycles. The van der Waals surface area contributed by atoms with Crippen LogP contribution in [0.25, 0.3) is 0 Å². The number of nitriles is 1. The second kappa shape index (κ2) is 6.67. The summed E-state index contributed by atoms with van der Waals surface area (Å²) in [7, 11) is 0. The largest absolute Gasteiger partial charge is 0.298 e. The molecule has 0 amide bonds. The van der Waals surface area contributed by atoms with Gasteiger partial charge in [0.25, 0.3) is 0 Å². The SMILES string of the molecule is CCc1ncnc2c1CCN(Cc1cccc(C#N)c1)CC2. The molecule has 1 aliphatic heterocycles. The molecule has 3 rings (SSSR count). The molecule has 0 atom stereocenters. The van der Waals surface area contributed by atoms with Crippen LogP contribution in [-0.4, -0.2) is 28.0 Å². The molecule has 0 N–H and O–H groups in total. The van der Waals surface area contributed by atoms with Gasteiger partial charge in [-0.3, -0.25) is 4.90 Å². The fourth-order valence-corrected chi connectivity index (χ4v) is 3.10. The highest BCUT2D eigenvalue weighted by Crippen LogP contribution is 2.18. The number of benzene rings is 1. The summed E-state index contributed by atoms with van der Waals surface area (Å²) in [6, 6.07) is 10.1. The molecule has 0 spiro atoms. The molecule has 4 nitrogen and oxygen atoms in total. The molecule has 0 radical (unpaired) electrons. The van der Waals surface area contributed by atoms with Gasteiger partial charge in [-0.2, -0.15) is 5.26 Å². The van der Waals surface area contributed by atoms with E-state index in [0.29, 0.717) is 0 Å². The van der Waals surface area contributed by atoms with Gasteiger partial charge in [-0.05, 0) is 36.1 Å². The summed E-state index contributed by atoms with van der Waals surface area (Å²) < 4.78 is 0. The van der Waals surface area contributed by atoms with E-state index in [0.717, 1.165) is 44.5 Å². The lowest BCUT2D eigenvalue weighted by Gasteiger charge is -2.19. The monoisotopic (exact) mass is 292 g/mol. The predicted molar refractivity (Wildman–Crippen MR) is 85.3 cm³/mol. The highest BCUT2D eigenvalue weighted by Gasteiger charge is 2.17. The second-order valence-electron chi connectivity index (χ2n) is 5.69. The van der Waals surface area contributed by atoms with E-state index in [4.69, 9.17) is 5.26 Å². The molecule has 1 aromatic carbocycles. The van der Waals surface area contributed by atoms with Gasteiger partial charge in [0.05, 0.1) is 11.6 Å². The molecular formula is C18H20N4. The first-order valence-corrected chi connectivity index (χ1v) is 7.83. The van der Waals surface area contributed by atoms with Gasteiger partial charge in [0.2, 0.25) is 0 Å². The van der Waals surface area contributed by atoms with Crippen LogP contribution in [0, 0.1) is 11.3 Å². The van der Waals surface area contributed by atoms with Gasteiger partial charge in [-0.25, -0.2) is 9.97 Å². The highest BCUT2D eigenvalue weighted by atomic mass is 15.1. The molecule has 1 aromatic heterocycles. The van der Waals surface area contributed by atoms with Gasteiger partial charge in [0, 0.05) is 37.4 Å². The minimum atomic E-state index is 0.731. The molecule has 0 saturated heterocycles. The van der Waals surface area contributed by atoms with E-state index in [1.54, 1.807) is 6.33 Å². The third kappa shape index (κ3) is 3.15. The predicted octanol–water partition coefficient (Wildman–Crippen LogP) is 2.51. The fraction of sp³-hybridized carbons (Fsp3) is 0.389. The molecule has 0 fully saturated rings. The highest BCUT2D eigenvalue weighted by molar-refractivity contribution is 5.33. The minimum Gasteiger partial charge on any atom is -0.298 e. The third-order valence-electron chi connectivity index (χ3n) is 4.26. The minimum absolute atomic E-state index is 0.731. The summed E-state index contributed by atoms with van der Waals surface area (Å²) in [6.45, 7) is 5.06. The Labute approximate surface area is 131 Å². The first-order chi connectivity index (χ1) is 10.8. The van der Waals surface area contributed by atoms with E-state index in [1.807, 2.05) is 18.2 Å². The number of aryl methyl sites for hydroxylation is 1. The van der Waals surface area contributed by atoms with E-state index in [1.165, 1.54) is 22.5 Å². The number of aromatic nitrogens is 2. The standard InChI is InChI=1S/C18H20N4/c1-2-17-16-6-8-22(9-7-18(16)21-13-20-17)12-15-5-3-4-14(10-15)11-19/h3-5,10,13H,2,6-9,12H2,1H3. The maximum Gasteiger partial charge on any atom is 0.115 e. The normalized spacial score (nSPS) is 14.9. The van der Waals surface area contributed by atoms with Crippen molar-refractivity contribution in [3.05, 3.63) is 58.7 Å². The Hall–Kier alpha value is -2.25. The van der Waals surface area contributed by atoms with Crippen molar-refractivity contribution in [3.63, 3.8) is 0 Å². The Kier molecular flexibility index (Phi) is 4.45. The first-order valence-electron chi connectivity index (χ1n) is 7.83. The number of fused-ring (bicyclic) bond motifs is 1. The molecule has 2 aromatic rings. The van der Waals surface area contributed by atoms with Crippen molar-refractivity contribution in [1.29, 1.82) is 5.26 Å². The fourth-order valence-electron chi connectivity index (χ4n) is 3.10. The van der Waals surface area contributed by atoms with E-state index < -0.39 is 0 Å². The Balaban J connectivity index is 1.73. The van der Waals surface area contributed by atoms with Gasteiger partial charge in [-0.15, -0.1) is 0 Å². The van der Waals surface area contributed by atoms with E-state index >= 15 is 0 Å². The van der Waals surface area contributed by atoms with Gasteiger partial charge in [0.1, 0.15) is 6.33 Å². The number of nitrogens with zero attached hydrogens (tertiary/aromatic N) is 4.